The van der Waals surface area contributed by atoms with Crippen LogP contribution in [0.2, 0.25) is 0 Å². The molecule has 31 heavy (non-hydrogen) atoms. The van der Waals surface area contributed by atoms with E-state index in [0.29, 0.717) is 13.1 Å². The van der Waals surface area contributed by atoms with Gasteiger partial charge in [-0.3, -0.25) is 24.1 Å². The lowest BCUT2D eigenvalue weighted by Crippen LogP contribution is -2.50. The van der Waals surface area contributed by atoms with Crippen molar-refractivity contribution in [3.05, 3.63) is 29.8 Å². The molecule has 2 aliphatic heterocycles. The fraction of sp³-hybridized carbons (Fsp3) is 0.565. The maximum absolute atomic E-state index is 12.8. The minimum absolute atomic E-state index is 0.0259. The average Bonchev–Trinajstić information content (AvgIpc) is 2.70. The second kappa shape index (κ2) is 9.08. The Morgan fingerprint density at radius 2 is 1.58 bits per heavy atom. The molecule has 1 aromatic rings. The Hall–Kier alpha value is -2.90. The number of imide groups is 1. The molecular formula is C23H31N3O5. The topological polar surface area (TPSA) is 98.2 Å². The minimum Gasteiger partial charge on any atom is -0.480 e. The van der Waals surface area contributed by atoms with Crippen LogP contribution < -0.4 is 4.90 Å². The molecule has 3 amide bonds. The van der Waals surface area contributed by atoms with Crippen molar-refractivity contribution >= 4 is 29.4 Å². The predicted molar refractivity (Wildman–Crippen MR) is 116 cm³/mol. The van der Waals surface area contributed by atoms with Crippen LogP contribution in [0.15, 0.2) is 24.3 Å². The first-order valence-electron chi connectivity index (χ1n) is 10.7. The van der Waals surface area contributed by atoms with Crippen molar-refractivity contribution in [2.75, 3.05) is 37.6 Å². The number of piperazine rings is 1. The fourth-order valence-electron chi connectivity index (χ4n) is 4.34. The quantitative estimate of drug-likeness (QED) is 0.718. The summed E-state index contributed by atoms with van der Waals surface area (Å²) in [4.78, 5) is 52.7. The molecule has 0 radical (unpaired) electrons. The van der Waals surface area contributed by atoms with Crippen molar-refractivity contribution in [2.45, 2.75) is 45.4 Å². The van der Waals surface area contributed by atoms with Gasteiger partial charge < -0.3 is 14.9 Å². The van der Waals surface area contributed by atoms with E-state index in [-0.39, 0.29) is 36.5 Å². The number of hydrogen-bond acceptors (Lipinski definition) is 5. The predicted octanol–water partition coefficient (Wildman–Crippen LogP) is 1.87. The summed E-state index contributed by atoms with van der Waals surface area (Å²) in [6.07, 6.45) is 0.199. The molecule has 8 heteroatoms. The molecule has 2 fully saturated rings. The molecule has 168 valence electrons. The molecule has 0 saturated carbocycles. The summed E-state index contributed by atoms with van der Waals surface area (Å²) in [6.45, 7) is 8.60. The van der Waals surface area contributed by atoms with Crippen molar-refractivity contribution in [1.29, 1.82) is 0 Å². The standard InChI is InChI=1S/C23H31N3O5/c1-23(2,3)17-6-4-5-7-18(17)24-8-10-25(11-9-24)19(27)12-16-13-20(28)26(15-22(30)31)21(29)14-16/h4-7,16H,8-15H2,1-3H3,(H,30,31). The monoisotopic (exact) mass is 429 g/mol. The zero-order valence-electron chi connectivity index (χ0n) is 18.5. The zero-order valence-corrected chi connectivity index (χ0v) is 18.5. The second-order valence-corrected chi connectivity index (χ2v) is 9.38. The van der Waals surface area contributed by atoms with Crippen LogP contribution in [0.5, 0.6) is 0 Å². The highest BCUT2D eigenvalue weighted by Gasteiger charge is 2.35. The van der Waals surface area contributed by atoms with Gasteiger partial charge in [0.1, 0.15) is 6.54 Å². The molecular weight excluding hydrogens is 398 g/mol. The summed E-state index contributed by atoms with van der Waals surface area (Å²) in [6, 6.07) is 8.36. The largest absolute Gasteiger partial charge is 0.480 e. The van der Waals surface area contributed by atoms with Gasteiger partial charge in [0, 0.05) is 51.1 Å². The van der Waals surface area contributed by atoms with Crippen molar-refractivity contribution in [1.82, 2.24) is 9.80 Å². The van der Waals surface area contributed by atoms with Gasteiger partial charge in [0.05, 0.1) is 0 Å². The van der Waals surface area contributed by atoms with Gasteiger partial charge >= 0.3 is 5.97 Å². The fourth-order valence-corrected chi connectivity index (χ4v) is 4.34. The molecule has 0 bridgehead atoms. The molecule has 1 aromatic carbocycles. The summed E-state index contributed by atoms with van der Waals surface area (Å²) in [5.74, 6) is -2.67. The number of aliphatic carboxylic acids is 1. The van der Waals surface area contributed by atoms with Crippen LogP contribution in [0.25, 0.3) is 0 Å². The van der Waals surface area contributed by atoms with E-state index in [1.807, 2.05) is 12.1 Å². The van der Waals surface area contributed by atoms with E-state index in [2.05, 4.69) is 37.8 Å². The van der Waals surface area contributed by atoms with E-state index >= 15 is 0 Å². The van der Waals surface area contributed by atoms with Crippen molar-refractivity contribution in [3.63, 3.8) is 0 Å². The normalized spacial score (nSPS) is 18.5. The highest BCUT2D eigenvalue weighted by atomic mass is 16.4. The number of carboxylic acid groups (broad SMARTS) is 1. The summed E-state index contributed by atoms with van der Waals surface area (Å²) in [7, 11) is 0. The third-order valence-electron chi connectivity index (χ3n) is 5.97. The van der Waals surface area contributed by atoms with E-state index < -0.39 is 24.3 Å². The van der Waals surface area contributed by atoms with Gasteiger partial charge in [0.15, 0.2) is 0 Å². The van der Waals surface area contributed by atoms with Crippen LogP contribution in [0, 0.1) is 5.92 Å². The van der Waals surface area contributed by atoms with Crippen molar-refractivity contribution in [3.8, 4) is 0 Å². The number of para-hydroxylation sites is 1. The Bertz CT molecular complexity index is 850. The Kier molecular flexibility index (Phi) is 6.67. The van der Waals surface area contributed by atoms with Gasteiger partial charge in [-0.15, -0.1) is 0 Å². The van der Waals surface area contributed by atoms with Gasteiger partial charge in [-0.25, -0.2) is 0 Å². The van der Waals surface area contributed by atoms with Crippen molar-refractivity contribution < 1.29 is 24.3 Å². The molecule has 0 atom stereocenters. The number of hydrogen-bond donors (Lipinski definition) is 1. The van der Waals surface area contributed by atoms with Crippen LogP contribution in [0.3, 0.4) is 0 Å². The number of carboxylic acids is 1. The SMILES string of the molecule is CC(C)(C)c1ccccc1N1CCN(C(=O)CC2CC(=O)N(CC(=O)O)C(=O)C2)CC1. The van der Waals surface area contributed by atoms with Crippen LogP contribution >= 0.6 is 0 Å². The van der Waals surface area contributed by atoms with Crippen LogP contribution in [-0.2, 0) is 24.6 Å². The Balaban J connectivity index is 1.55. The van der Waals surface area contributed by atoms with Gasteiger partial charge in [0.25, 0.3) is 0 Å². The number of nitrogens with zero attached hydrogens (tertiary/aromatic N) is 3. The van der Waals surface area contributed by atoms with Crippen LogP contribution in [0.1, 0.15) is 45.6 Å². The third-order valence-corrected chi connectivity index (χ3v) is 5.97. The maximum Gasteiger partial charge on any atom is 0.323 e. The molecule has 0 spiro atoms. The highest BCUT2D eigenvalue weighted by molar-refractivity contribution is 6.00. The van der Waals surface area contributed by atoms with E-state index in [0.717, 1.165) is 18.0 Å². The minimum atomic E-state index is -1.22. The summed E-state index contributed by atoms with van der Waals surface area (Å²) >= 11 is 0. The third kappa shape index (κ3) is 5.42. The van der Waals surface area contributed by atoms with E-state index in [4.69, 9.17) is 5.11 Å². The molecule has 2 heterocycles. The number of carbonyl (C=O) groups is 4. The lowest BCUT2D eigenvalue weighted by atomic mass is 9.85. The van der Waals surface area contributed by atoms with Gasteiger partial charge in [-0.2, -0.15) is 0 Å². The molecule has 8 nitrogen and oxygen atoms in total. The van der Waals surface area contributed by atoms with Crippen LogP contribution in [0.4, 0.5) is 5.69 Å². The number of rotatable bonds is 5. The summed E-state index contributed by atoms with van der Waals surface area (Å²) in [5, 5.41) is 8.84. The number of amides is 3. The highest BCUT2D eigenvalue weighted by Crippen LogP contribution is 2.32. The number of carbonyl (C=O) groups excluding carboxylic acids is 3. The van der Waals surface area contributed by atoms with Gasteiger partial charge in [-0.1, -0.05) is 39.0 Å². The van der Waals surface area contributed by atoms with Crippen LogP contribution in [-0.4, -0.2) is 71.3 Å². The number of likely N-dealkylation sites (tertiary alicyclic amines) is 1. The first-order valence-corrected chi connectivity index (χ1v) is 10.7. The smallest absolute Gasteiger partial charge is 0.323 e. The molecule has 0 aliphatic carbocycles. The van der Waals surface area contributed by atoms with E-state index in [1.54, 1.807) is 4.90 Å². The summed E-state index contributed by atoms with van der Waals surface area (Å²) < 4.78 is 0. The molecule has 0 unspecified atom stereocenters. The zero-order chi connectivity index (χ0) is 22.8. The summed E-state index contributed by atoms with van der Waals surface area (Å²) in [5.41, 5.74) is 2.50. The Labute approximate surface area is 182 Å². The lowest BCUT2D eigenvalue weighted by molar-refractivity contribution is -0.156. The van der Waals surface area contributed by atoms with E-state index in [1.165, 1.54) is 11.3 Å². The lowest BCUT2D eigenvalue weighted by Gasteiger charge is -2.39. The van der Waals surface area contributed by atoms with Gasteiger partial charge in [-0.05, 0) is 23.0 Å². The molecule has 0 aromatic heterocycles. The number of piperidine rings is 1. The first-order chi connectivity index (χ1) is 14.6. The Morgan fingerprint density at radius 3 is 2.13 bits per heavy atom. The average molecular weight is 430 g/mol. The molecule has 3 rings (SSSR count). The van der Waals surface area contributed by atoms with Crippen molar-refractivity contribution in [2.24, 2.45) is 5.92 Å². The molecule has 2 saturated heterocycles. The molecule has 2 aliphatic rings. The maximum atomic E-state index is 12.8. The number of anilines is 1. The van der Waals surface area contributed by atoms with E-state index in [9.17, 15) is 19.2 Å². The second-order valence-electron chi connectivity index (χ2n) is 9.38. The number of benzene rings is 1. The Morgan fingerprint density at radius 1 is 1.00 bits per heavy atom. The molecule has 1 N–H and O–H groups in total. The van der Waals surface area contributed by atoms with Gasteiger partial charge in [0.2, 0.25) is 17.7 Å². The first kappa shape index (κ1) is 22.8.